The van der Waals surface area contributed by atoms with Crippen molar-refractivity contribution in [1.29, 1.82) is 0 Å². The third-order valence-corrected chi connectivity index (χ3v) is 24.8. The fourth-order valence-electron chi connectivity index (χ4n) is 15.9. The predicted molar refractivity (Wildman–Crippen MR) is 483 cm³/mol. The van der Waals surface area contributed by atoms with Crippen LogP contribution in [-0.2, 0) is 37.6 Å². The SMILES string of the molecule is Brc1ccc(N2CC3CC(C2)N3)nc1.CC(C)(C)OC(=O)N1C2CC1CN(c1ccc(Br)cn1)C2.CC(C)(C)OC(=O)N1C2CNCC1C2.Fc1ccc(Br)cn1.[2H]C([2H])(Cl)c1ccc(OC)nc1.[2H]C([2H])(c1ccc(OC)nc1)N1C2CC1CN(c1ccc(B3OC(C)(C)C(C)(C)O3)cn1)C2.[2H]C([2H])(c1ccc(OC)nc1)N1C2CC1CN(c1ccc(Br)cn1)C2. The number of methoxy groups -OCH3 is 3. The number of fused-ring (bicyclic) bond motifs is 10. The molecule has 0 aromatic carbocycles. The van der Waals surface area contributed by atoms with E-state index in [9.17, 15) is 14.0 Å². The molecule has 16 aliphatic heterocycles. The van der Waals surface area contributed by atoms with Crippen molar-refractivity contribution in [3.05, 3.63) is 187 Å². The first-order valence-electron chi connectivity index (χ1n) is 43.6. The zero-order valence-electron chi connectivity index (χ0n) is 76.4. The first kappa shape index (κ1) is 82.9. The zero-order valence-corrected chi connectivity index (χ0v) is 77.5. The van der Waals surface area contributed by atoms with Crippen LogP contribution in [0.2, 0.25) is 0 Å². The predicted octanol–water partition coefficient (Wildman–Crippen LogP) is 14.2. The summed E-state index contributed by atoms with van der Waals surface area (Å²) in [5.41, 5.74) is 0.769. The molecule has 10 atom stereocenters. The number of pyridine rings is 8. The molecule has 8 aromatic rings. The maximum Gasteiger partial charge on any atom is 0.496 e. The Morgan fingerprint density at radius 2 is 0.802 bits per heavy atom. The van der Waals surface area contributed by atoms with E-state index in [2.05, 4.69) is 141 Å². The molecular formula is C87H111BBr4ClFN18O9. The Hall–Kier alpha value is -7.70. The van der Waals surface area contributed by atoms with Crippen LogP contribution in [0.25, 0.3) is 0 Å². The standard InChI is InChI=1S/C23H31BN4O3.C17H19BrN4O.C15H20BrN3O2.C10H12BrN3.C10H18N2O2.C7H8ClNO.C5H3BrFN/c1-22(2)23(3,4)31-24(30-22)17-7-8-20(25-12-17)27-14-18-10-19(15-27)28(18)13-16-6-9-21(29-5)26-11-16;1-23-17-5-2-12(7-20-17)9-22-14-6-15(22)11-21(10-14)16-4-3-13(18)8-19-16;1-15(2,3)21-14(20)19-11-6-12(19)9-18(8-11)13-5-4-10(16)7-17-13;11-7-1-2-10(12-4-7)14-5-8-3-9(6-14)13-8;1-10(2,3)14-9(13)12-7-4-8(12)6-11-5-7;1-10-7-3-2-6(4-8)5-9-7;6-4-1-2-5(7)8-3-4/h6-9,11-12,18-19H,10,13-15H2,1-5H3;2-5,7-8,14-15H,6,9-11H2,1H3;4-5,7,11-12H,6,8-9H2,1-3H3;1-2,4,8-9,13H,3,5-6H2;7-8,11H,4-6H2,1-3H3;2-3,5H,4H2,1H3;1-3H/i13D2;9D2;;;;4D2;. The maximum absolute atomic E-state index is 12.2. The second-order valence-electron chi connectivity index (χ2n) is 34.3. The summed E-state index contributed by atoms with van der Waals surface area (Å²) in [5.74, 6) is 3.03. The molecule has 24 heterocycles. The van der Waals surface area contributed by atoms with Crippen LogP contribution in [0.1, 0.15) is 126 Å². The lowest BCUT2D eigenvalue weighted by molar-refractivity contribution is -0.0440. The van der Waals surface area contributed by atoms with Gasteiger partial charge in [0.15, 0.2) is 0 Å². The van der Waals surface area contributed by atoms with Crippen LogP contribution < -0.4 is 49.9 Å². The molecule has 0 saturated carbocycles. The van der Waals surface area contributed by atoms with Gasteiger partial charge >= 0.3 is 19.3 Å². The monoisotopic (exact) mass is 1940 g/mol. The lowest BCUT2D eigenvalue weighted by Gasteiger charge is -2.56. The summed E-state index contributed by atoms with van der Waals surface area (Å²) in [6, 6.07) is 32.3. The number of ether oxygens (including phenoxy) is 5. The molecule has 34 heteroatoms. The Kier molecular flexibility index (Phi) is 27.5. The Morgan fingerprint density at radius 3 is 1.12 bits per heavy atom. The van der Waals surface area contributed by atoms with Crippen LogP contribution in [-0.4, -0.2) is 248 Å². The van der Waals surface area contributed by atoms with Crippen LogP contribution in [0.5, 0.6) is 17.6 Å². The second kappa shape index (κ2) is 40.1. The molecule has 0 aliphatic carbocycles. The minimum absolute atomic E-state index is 0.130. The highest BCUT2D eigenvalue weighted by Crippen LogP contribution is 2.41. The lowest BCUT2D eigenvalue weighted by atomic mass is 9.80. The van der Waals surface area contributed by atoms with Crippen LogP contribution >= 0.6 is 75.3 Å². The van der Waals surface area contributed by atoms with Crippen molar-refractivity contribution in [2.75, 3.05) is 106 Å². The van der Waals surface area contributed by atoms with Gasteiger partial charge in [-0.2, -0.15) is 4.39 Å². The molecule has 648 valence electrons. The van der Waals surface area contributed by atoms with Crippen LogP contribution in [0, 0.1) is 5.95 Å². The number of anilines is 4. The number of alkyl halides is 1. The van der Waals surface area contributed by atoms with E-state index in [1.807, 2.05) is 138 Å². The zero-order chi connectivity index (χ0) is 91.5. The number of nitrogens with one attached hydrogen (secondary N) is 2. The molecule has 10 bridgehead atoms. The molecule has 10 unspecified atom stereocenters. The van der Waals surface area contributed by atoms with Crippen molar-refractivity contribution in [2.45, 2.75) is 203 Å². The molecule has 8 aromatic heterocycles. The van der Waals surface area contributed by atoms with Gasteiger partial charge < -0.3 is 63.2 Å². The van der Waals surface area contributed by atoms with E-state index in [0.29, 0.717) is 58.5 Å². The lowest BCUT2D eigenvalue weighted by Crippen LogP contribution is -2.70. The molecule has 2 N–H and O–H groups in total. The Labute approximate surface area is 757 Å². The highest BCUT2D eigenvalue weighted by molar-refractivity contribution is 9.11. The summed E-state index contributed by atoms with van der Waals surface area (Å²) in [6.07, 6.45) is 18.4. The van der Waals surface area contributed by atoms with Crippen LogP contribution in [0.4, 0.5) is 37.3 Å². The second-order valence-corrected chi connectivity index (χ2v) is 38.1. The van der Waals surface area contributed by atoms with Crippen molar-refractivity contribution in [3.8, 4) is 17.6 Å². The third-order valence-electron chi connectivity index (χ3n) is 22.7. The topological polar surface area (TPSA) is 252 Å². The Morgan fingerprint density at radius 1 is 0.463 bits per heavy atom. The summed E-state index contributed by atoms with van der Waals surface area (Å²) in [5, 5.41) is 6.79. The first-order chi connectivity index (χ1) is 59.9. The van der Waals surface area contributed by atoms with E-state index >= 15 is 0 Å². The minimum atomic E-state index is -1.86. The van der Waals surface area contributed by atoms with E-state index in [4.69, 9.17) is 57.8 Å². The van der Waals surface area contributed by atoms with Crippen LogP contribution in [0.15, 0.2) is 165 Å². The van der Waals surface area contributed by atoms with E-state index in [1.54, 1.807) is 81.5 Å². The highest BCUT2D eigenvalue weighted by Gasteiger charge is 2.53. The van der Waals surface area contributed by atoms with Crippen molar-refractivity contribution in [3.63, 3.8) is 0 Å². The average Bonchev–Trinajstić information content (AvgIpc) is 1.04. The number of carbonyl (C=O) groups excluding carboxylic acids is 2. The van der Waals surface area contributed by atoms with Crippen molar-refractivity contribution >= 4 is 123 Å². The van der Waals surface area contributed by atoms with Gasteiger partial charge in [0, 0.05) is 232 Å². The number of aromatic nitrogens is 8. The van der Waals surface area contributed by atoms with Gasteiger partial charge in [0.25, 0.3) is 0 Å². The van der Waals surface area contributed by atoms with E-state index in [1.165, 1.54) is 32.0 Å². The van der Waals surface area contributed by atoms with E-state index in [-0.39, 0.29) is 65.2 Å². The molecule has 16 fully saturated rings. The molecular weight excluding hydrogens is 1830 g/mol. The number of rotatable bonds is 13. The number of nitrogens with zero attached hydrogens (tertiary/aromatic N) is 16. The summed E-state index contributed by atoms with van der Waals surface area (Å²) in [4.78, 5) is 74.3. The molecule has 16 aliphatic rings. The van der Waals surface area contributed by atoms with Crippen molar-refractivity contribution < 1.29 is 55.2 Å². The molecule has 121 heavy (non-hydrogen) atoms. The molecule has 0 radical (unpaired) electrons. The molecule has 16 saturated heterocycles. The first-order valence-corrected chi connectivity index (χ1v) is 44.2. The van der Waals surface area contributed by atoms with Gasteiger partial charge in [0.2, 0.25) is 23.6 Å². The van der Waals surface area contributed by atoms with Gasteiger partial charge in [-0.05, 0) is 236 Å². The summed E-state index contributed by atoms with van der Waals surface area (Å²) < 4.78 is 103. The number of hydrogen-bond donors (Lipinski definition) is 2. The maximum atomic E-state index is 12.2. The molecule has 0 spiro atoms. The van der Waals surface area contributed by atoms with Gasteiger partial charge in [-0.25, -0.2) is 49.5 Å². The summed E-state index contributed by atoms with van der Waals surface area (Å²) in [6.45, 7) is 25.2. The number of carbonyl (C=O) groups is 2. The Bertz CT molecular complexity index is 4890. The summed E-state index contributed by atoms with van der Waals surface area (Å²) in [7, 11) is 4.19. The fourth-order valence-corrected chi connectivity index (χ4v) is 16.9. The number of piperidine rings is 5. The molecule has 2 amide bonds. The number of halogens is 6. The van der Waals surface area contributed by atoms with Gasteiger partial charge in [0.1, 0.15) is 34.5 Å². The quantitative estimate of drug-likeness (QED) is 0.0618. The number of piperazine rings is 5. The van der Waals surface area contributed by atoms with E-state index < -0.39 is 37.5 Å². The van der Waals surface area contributed by atoms with Gasteiger partial charge in [-0.15, -0.1) is 11.6 Å². The largest absolute Gasteiger partial charge is 0.496 e. The van der Waals surface area contributed by atoms with Crippen molar-refractivity contribution in [1.82, 2.24) is 70.1 Å². The Balaban J connectivity index is 0.000000132. The van der Waals surface area contributed by atoms with Crippen LogP contribution in [0.3, 0.4) is 0 Å². The third kappa shape index (κ3) is 23.9. The van der Waals surface area contributed by atoms with Gasteiger partial charge in [0.05, 0.1) is 44.6 Å². The van der Waals surface area contributed by atoms with Crippen molar-refractivity contribution in [2.24, 2.45) is 0 Å². The molecule has 27 nitrogen and oxygen atoms in total. The smallest absolute Gasteiger partial charge is 0.481 e. The number of hydrogen-bond acceptors (Lipinski definition) is 25. The average molecular weight is 1940 g/mol. The highest BCUT2D eigenvalue weighted by atomic mass is 79.9. The normalized spacial score (nSPS) is 25.1. The minimum Gasteiger partial charge on any atom is -0.481 e. The van der Waals surface area contributed by atoms with Gasteiger partial charge in [-0.3, -0.25) is 19.6 Å². The summed E-state index contributed by atoms with van der Waals surface area (Å²) >= 11 is 18.7. The fraction of sp³-hybridized carbons (Fsp3) is 0.517. The molecule has 24 rings (SSSR count). The number of amides is 2. The van der Waals surface area contributed by atoms with E-state index in [0.717, 1.165) is 138 Å². The van der Waals surface area contributed by atoms with Gasteiger partial charge in [-0.1, -0.05) is 24.3 Å².